The van der Waals surface area contributed by atoms with Gasteiger partial charge in [-0.25, -0.2) is 0 Å². The minimum absolute atomic E-state index is 0.0456. The maximum absolute atomic E-state index is 12.2. The normalized spacial score (nSPS) is 13.5. The number of likely N-dealkylation sites (tertiary alicyclic amines) is 1. The zero-order valence-corrected chi connectivity index (χ0v) is 15.1. The fraction of sp³-hybridized carbons (Fsp3) is 0.316. The molecule has 2 aromatic rings. The standard InChI is InChI=1S/C19H19BN2O6/c23-16(8-12-2-1-7-21-9-12)22-10-14(11-22)28-15-4-3-13(5-6-20-27)18(24)17(15)19(25)26/h1-4,7,9,14,24H,5-6,8,10-11H2,(H,25,26). The second-order valence-corrected chi connectivity index (χ2v) is 6.53. The summed E-state index contributed by atoms with van der Waals surface area (Å²) in [5.41, 5.74) is 0.864. The van der Waals surface area contributed by atoms with E-state index < -0.39 is 11.7 Å². The average Bonchev–Trinajstić information content (AvgIpc) is 2.64. The number of carbonyl (C=O) groups is 2. The number of carboxylic acid groups (broad SMARTS) is 1. The van der Waals surface area contributed by atoms with Crippen LogP contribution in [0.15, 0.2) is 36.7 Å². The summed E-state index contributed by atoms with van der Waals surface area (Å²) in [6, 6.07) is 6.62. The third-order valence-electron chi connectivity index (χ3n) is 4.54. The Bertz CT molecular complexity index is 883. The number of aromatic carboxylic acids is 1. The van der Waals surface area contributed by atoms with Crippen LogP contribution in [0.5, 0.6) is 11.5 Å². The van der Waals surface area contributed by atoms with Gasteiger partial charge in [-0.15, -0.1) is 0 Å². The Kier molecular flexibility index (Phi) is 6.03. The molecule has 0 aliphatic carbocycles. The molecule has 0 atom stereocenters. The quantitative estimate of drug-likeness (QED) is 0.662. The number of carboxylic acids is 1. The summed E-state index contributed by atoms with van der Waals surface area (Å²) in [4.78, 5) is 29.4. The van der Waals surface area contributed by atoms with Crippen LogP contribution in [0.2, 0.25) is 6.32 Å². The molecule has 0 radical (unpaired) electrons. The second kappa shape index (κ2) is 8.64. The fourth-order valence-corrected chi connectivity index (χ4v) is 3.02. The number of aryl methyl sites for hydroxylation is 1. The van der Waals surface area contributed by atoms with E-state index in [9.17, 15) is 24.5 Å². The number of amides is 1. The van der Waals surface area contributed by atoms with E-state index in [2.05, 4.69) is 4.98 Å². The van der Waals surface area contributed by atoms with E-state index in [0.717, 1.165) is 5.56 Å². The van der Waals surface area contributed by atoms with E-state index >= 15 is 0 Å². The molecule has 9 heteroatoms. The summed E-state index contributed by atoms with van der Waals surface area (Å²) >= 11 is 0. The third kappa shape index (κ3) is 4.36. The number of pyridine rings is 1. The van der Waals surface area contributed by atoms with Crippen molar-refractivity contribution in [3.8, 4) is 11.5 Å². The molecule has 0 spiro atoms. The van der Waals surface area contributed by atoms with E-state index in [0.29, 0.717) is 25.8 Å². The number of hydrogen-bond acceptors (Lipinski definition) is 6. The van der Waals surface area contributed by atoms with Crippen LogP contribution < -0.4 is 4.74 Å². The van der Waals surface area contributed by atoms with E-state index in [1.807, 2.05) is 6.07 Å². The average molecular weight is 382 g/mol. The van der Waals surface area contributed by atoms with Crippen molar-refractivity contribution in [3.05, 3.63) is 53.3 Å². The van der Waals surface area contributed by atoms with E-state index in [1.54, 1.807) is 29.4 Å². The van der Waals surface area contributed by atoms with Gasteiger partial charge in [-0.3, -0.25) is 4.98 Å². The topological polar surface area (TPSA) is 117 Å². The van der Waals surface area contributed by atoms with Crippen molar-refractivity contribution in [2.45, 2.75) is 25.3 Å². The first kappa shape index (κ1) is 19.5. The molecule has 2 heterocycles. The molecule has 3 rings (SSSR count). The number of hydrogen-bond donors (Lipinski definition) is 2. The Labute approximate surface area is 162 Å². The summed E-state index contributed by atoms with van der Waals surface area (Å²) < 4.78 is 16.2. The molecule has 2 N–H and O–H groups in total. The molecule has 1 aromatic carbocycles. The van der Waals surface area contributed by atoms with Gasteiger partial charge in [0, 0.05) is 12.4 Å². The molecule has 1 fully saturated rings. The number of aromatic hydroxyl groups is 1. The Morgan fingerprint density at radius 2 is 2.07 bits per heavy atom. The van der Waals surface area contributed by atoms with Gasteiger partial charge < -0.3 is 0 Å². The molecule has 1 saturated heterocycles. The van der Waals surface area contributed by atoms with Gasteiger partial charge >= 0.3 is 126 Å². The van der Waals surface area contributed by atoms with Gasteiger partial charge in [-0.05, 0) is 11.6 Å². The first-order chi connectivity index (χ1) is 13.5. The van der Waals surface area contributed by atoms with E-state index in [1.165, 1.54) is 6.07 Å². The number of carbonyl (C=O) groups excluding carboxylic acids is 1. The molecule has 1 amide bonds. The second-order valence-electron chi connectivity index (χ2n) is 6.53. The SMILES string of the molecule is O=BCCc1ccc(OC2CN(C(=O)Cc3cccnc3)C2)c(C(=O)O)c1O. The van der Waals surface area contributed by atoms with Crippen molar-refractivity contribution in [3.63, 3.8) is 0 Å². The maximum atomic E-state index is 12.2. The molecular formula is C19H19BN2O6. The first-order valence-electron chi connectivity index (χ1n) is 8.84. The summed E-state index contributed by atoms with van der Waals surface area (Å²) in [7, 11) is 0.704. The Morgan fingerprint density at radius 3 is 2.71 bits per heavy atom. The number of rotatable bonds is 8. The predicted molar refractivity (Wildman–Crippen MR) is 99.0 cm³/mol. The molecule has 8 nitrogen and oxygen atoms in total. The van der Waals surface area contributed by atoms with Gasteiger partial charge in [0.1, 0.15) is 0 Å². The van der Waals surface area contributed by atoms with Crippen molar-refractivity contribution in [2.24, 2.45) is 0 Å². The van der Waals surface area contributed by atoms with Crippen molar-refractivity contribution in [2.75, 3.05) is 13.1 Å². The minimum atomic E-state index is -1.32. The molecule has 0 saturated carbocycles. The molecule has 0 unspecified atom stereocenters. The van der Waals surface area contributed by atoms with Crippen LogP contribution in [0, 0.1) is 0 Å². The van der Waals surface area contributed by atoms with Crippen LogP contribution in [0.4, 0.5) is 0 Å². The first-order valence-corrected chi connectivity index (χ1v) is 8.84. The van der Waals surface area contributed by atoms with Crippen LogP contribution >= 0.6 is 0 Å². The number of nitrogens with zero attached hydrogens (tertiary/aromatic N) is 2. The van der Waals surface area contributed by atoms with Crippen LogP contribution in [0.3, 0.4) is 0 Å². The molecule has 1 aliphatic rings. The van der Waals surface area contributed by atoms with E-state index in [-0.39, 0.29) is 42.5 Å². The van der Waals surface area contributed by atoms with Crippen molar-refractivity contribution < 1.29 is 29.2 Å². The van der Waals surface area contributed by atoms with Crippen LogP contribution in [-0.4, -0.2) is 58.3 Å². The number of benzene rings is 1. The van der Waals surface area contributed by atoms with Gasteiger partial charge in [0.25, 0.3) is 0 Å². The van der Waals surface area contributed by atoms with Gasteiger partial charge in [0.2, 0.25) is 0 Å². The van der Waals surface area contributed by atoms with Gasteiger partial charge in [-0.2, -0.15) is 0 Å². The van der Waals surface area contributed by atoms with Crippen LogP contribution in [0.25, 0.3) is 0 Å². The fourth-order valence-electron chi connectivity index (χ4n) is 3.02. The molecule has 1 aromatic heterocycles. The third-order valence-corrected chi connectivity index (χ3v) is 4.54. The number of aromatic nitrogens is 1. The number of ether oxygens (including phenoxy) is 1. The molecule has 28 heavy (non-hydrogen) atoms. The molecule has 0 bridgehead atoms. The van der Waals surface area contributed by atoms with Crippen molar-refractivity contribution >= 4 is 19.0 Å². The zero-order valence-electron chi connectivity index (χ0n) is 15.1. The summed E-state index contributed by atoms with van der Waals surface area (Å²) in [6.07, 6.45) is 3.60. The van der Waals surface area contributed by atoms with Crippen LogP contribution in [-0.2, 0) is 22.3 Å². The molecule has 1 aliphatic heterocycles. The summed E-state index contributed by atoms with van der Waals surface area (Å²) in [5, 5.41) is 19.7. The van der Waals surface area contributed by atoms with Crippen molar-refractivity contribution in [1.29, 1.82) is 0 Å². The zero-order chi connectivity index (χ0) is 20.1. The molecule has 144 valence electrons. The Balaban J connectivity index is 1.62. The number of phenols is 1. The summed E-state index contributed by atoms with van der Waals surface area (Å²) in [6.45, 7) is 0.678. The molecular weight excluding hydrogens is 363 g/mol. The Morgan fingerprint density at radius 1 is 1.29 bits per heavy atom. The van der Waals surface area contributed by atoms with Gasteiger partial charge in [0.15, 0.2) is 0 Å². The van der Waals surface area contributed by atoms with Crippen molar-refractivity contribution in [1.82, 2.24) is 9.88 Å². The Hall–Kier alpha value is -3.23. The summed E-state index contributed by atoms with van der Waals surface area (Å²) in [5.74, 6) is -1.72. The monoisotopic (exact) mass is 382 g/mol. The van der Waals surface area contributed by atoms with Gasteiger partial charge in [0.05, 0.1) is 0 Å². The predicted octanol–water partition coefficient (Wildman–Crippen LogP) is 1.33. The van der Waals surface area contributed by atoms with Crippen LogP contribution in [0.1, 0.15) is 21.5 Å². The van der Waals surface area contributed by atoms with Gasteiger partial charge in [-0.1, -0.05) is 6.07 Å². The van der Waals surface area contributed by atoms with E-state index in [4.69, 9.17) is 4.74 Å².